The Hall–Kier alpha value is -2.17. The molecule has 0 saturated carbocycles. The molecule has 0 radical (unpaired) electrons. The lowest BCUT2D eigenvalue weighted by Gasteiger charge is -2.14. The van der Waals surface area contributed by atoms with Crippen LogP contribution in [0.1, 0.15) is 53.8 Å². The number of carbonyl (C=O) groups excluding carboxylic acids is 2. The monoisotopic (exact) mass is 292 g/mol. The molecule has 5 heteroatoms. The Balaban J connectivity index is 2.73. The molecule has 0 aliphatic heterocycles. The SMILES string of the molecule is CCCCC(COC(=O)c1ccccc1C(=O)O)C(C)=O. The highest BCUT2D eigenvalue weighted by Gasteiger charge is 2.20. The Morgan fingerprint density at radius 2 is 1.81 bits per heavy atom. The van der Waals surface area contributed by atoms with Crippen LogP contribution >= 0.6 is 0 Å². The first kappa shape index (κ1) is 16.9. The molecule has 0 aliphatic rings. The third kappa shape index (κ3) is 5.02. The van der Waals surface area contributed by atoms with Gasteiger partial charge in [-0.1, -0.05) is 31.9 Å². The third-order valence-corrected chi connectivity index (χ3v) is 3.27. The van der Waals surface area contributed by atoms with E-state index >= 15 is 0 Å². The molecule has 0 saturated heterocycles. The Bertz CT molecular complexity index is 521. The average Bonchev–Trinajstić information content (AvgIpc) is 2.46. The lowest BCUT2D eigenvalue weighted by atomic mass is 9.99. The number of carboxylic acids is 1. The highest BCUT2D eigenvalue weighted by molar-refractivity contribution is 6.02. The summed E-state index contributed by atoms with van der Waals surface area (Å²) in [6, 6.07) is 5.86. The van der Waals surface area contributed by atoms with Crippen molar-refractivity contribution in [1.82, 2.24) is 0 Å². The van der Waals surface area contributed by atoms with Crippen LogP contribution < -0.4 is 0 Å². The number of carboxylic acid groups (broad SMARTS) is 1. The first-order valence-corrected chi connectivity index (χ1v) is 6.97. The van der Waals surface area contributed by atoms with E-state index in [9.17, 15) is 14.4 Å². The number of Topliss-reactive ketones (excluding diaryl/α,β-unsaturated/α-hetero) is 1. The number of benzene rings is 1. The van der Waals surface area contributed by atoms with Gasteiger partial charge in [0.05, 0.1) is 17.0 Å². The summed E-state index contributed by atoms with van der Waals surface area (Å²) in [6.45, 7) is 3.48. The number of esters is 1. The summed E-state index contributed by atoms with van der Waals surface area (Å²) in [7, 11) is 0. The van der Waals surface area contributed by atoms with Crippen LogP contribution in [0.5, 0.6) is 0 Å². The van der Waals surface area contributed by atoms with E-state index in [4.69, 9.17) is 9.84 Å². The topological polar surface area (TPSA) is 80.7 Å². The van der Waals surface area contributed by atoms with Crippen LogP contribution in [0.2, 0.25) is 0 Å². The van der Waals surface area contributed by atoms with Gasteiger partial charge in [0, 0.05) is 0 Å². The van der Waals surface area contributed by atoms with Crippen molar-refractivity contribution < 1.29 is 24.2 Å². The molecule has 1 aromatic rings. The van der Waals surface area contributed by atoms with Gasteiger partial charge in [-0.25, -0.2) is 9.59 Å². The molecule has 1 unspecified atom stereocenters. The number of carbonyl (C=O) groups is 3. The summed E-state index contributed by atoms with van der Waals surface area (Å²) in [5.41, 5.74) is -0.0989. The molecule has 114 valence electrons. The fourth-order valence-electron chi connectivity index (χ4n) is 1.96. The fraction of sp³-hybridized carbons (Fsp3) is 0.438. The van der Waals surface area contributed by atoms with Crippen LogP contribution in [0.4, 0.5) is 0 Å². The molecular weight excluding hydrogens is 272 g/mol. The van der Waals surface area contributed by atoms with E-state index in [1.807, 2.05) is 6.92 Å². The van der Waals surface area contributed by atoms with E-state index in [0.717, 1.165) is 12.8 Å². The van der Waals surface area contributed by atoms with E-state index < -0.39 is 11.9 Å². The summed E-state index contributed by atoms with van der Waals surface area (Å²) in [6.07, 6.45) is 2.51. The number of rotatable bonds is 8. The molecule has 1 rings (SSSR count). The molecule has 1 atom stereocenters. The van der Waals surface area contributed by atoms with Gasteiger partial charge >= 0.3 is 11.9 Å². The molecule has 5 nitrogen and oxygen atoms in total. The van der Waals surface area contributed by atoms with Gasteiger partial charge in [-0.3, -0.25) is 4.79 Å². The zero-order valence-electron chi connectivity index (χ0n) is 12.3. The van der Waals surface area contributed by atoms with Crippen molar-refractivity contribution in [2.45, 2.75) is 33.1 Å². The summed E-state index contributed by atoms with van der Waals surface area (Å²) >= 11 is 0. The van der Waals surface area contributed by atoms with E-state index in [-0.39, 0.29) is 29.4 Å². The number of hydrogen-bond acceptors (Lipinski definition) is 4. The van der Waals surface area contributed by atoms with Gasteiger partial charge in [0.15, 0.2) is 0 Å². The number of ether oxygens (including phenoxy) is 1. The average molecular weight is 292 g/mol. The first-order chi connectivity index (χ1) is 9.97. The zero-order valence-corrected chi connectivity index (χ0v) is 12.3. The molecule has 0 bridgehead atoms. The lowest BCUT2D eigenvalue weighted by molar-refractivity contribution is -0.122. The fourth-order valence-corrected chi connectivity index (χ4v) is 1.96. The van der Waals surface area contributed by atoms with Crippen molar-refractivity contribution in [2.75, 3.05) is 6.61 Å². The molecule has 0 aliphatic carbocycles. The molecule has 1 aromatic carbocycles. The second kappa shape index (κ2) is 8.19. The summed E-state index contributed by atoms with van der Waals surface area (Å²) in [5.74, 6) is -2.25. The standard InChI is InChI=1S/C16H20O5/c1-3-4-7-12(11(2)17)10-21-16(20)14-9-6-5-8-13(14)15(18)19/h5-6,8-9,12H,3-4,7,10H2,1-2H3,(H,18,19). The minimum atomic E-state index is -1.18. The van der Waals surface area contributed by atoms with E-state index in [1.165, 1.54) is 19.1 Å². The normalized spacial score (nSPS) is 11.7. The molecule has 0 aromatic heterocycles. The highest BCUT2D eigenvalue weighted by Crippen LogP contribution is 2.14. The van der Waals surface area contributed by atoms with Crippen LogP contribution in [0.3, 0.4) is 0 Å². The van der Waals surface area contributed by atoms with Crippen molar-refractivity contribution in [2.24, 2.45) is 5.92 Å². The maximum Gasteiger partial charge on any atom is 0.339 e. The summed E-state index contributed by atoms with van der Waals surface area (Å²) < 4.78 is 5.12. The Morgan fingerprint density at radius 3 is 2.33 bits per heavy atom. The van der Waals surface area contributed by atoms with Crippen molar-refractivity contribution in [3.63, 3.8) is 0 Å². The molecule has 21 heavy (non-hydrogen) atoms. The lowest BCUT2D eigenvalue weighted by Crippen LogP contribution is -2.21. The van der Waals surface area contributed by atoms with Crippen molar-refractivity contribution >= 4 is 17.7 Å². The van der Waals surface area contributed by atoms with Crippen LogP contribution in [0.25, 0.3) is 0 Å². The third-order valence-electron chi connectivity index (χ3n) is 3.27. The van der Waals surface area contributed by atoms with Gasteiger partial charge in [0.1, 0.15) is 12.4 Å². The minimum Gasteiger partial charge on any atom is -0.478 e. The quantitative estimate of drug-likeness (QED) is 0.745. The summed E-state index contributed by atoms with van der Waals surface area (Å²) in [4.78, 5) is 34.5. The Morgan fingerprint density at radius 1 is 1.19 bits per heavy atom. The second-order valence-electron chi connectivity index (χ2n) is 4.90. The maximum absolute atomic E-state index is 12.0. The minimum absolute atomic E-state index is 0.00259. The molecule has 0 spiro atoms. The second-order valence-corrected chi connectivity index (χ2v) is 4.90. The number of aromatic carboxylic acids is 1. The molecular formula is C16H20O5. The maximum atomic E-state index is 12.0. The molecule has 0 fully saturated rings. The Kier molecular flexibility index (Phi) is 6.59. The van der Waals surface area contributed by atoms with Crippen LogP contribution in [-0.2, 0) is 9.53 Å². The highest BCUT2D eigenvalue weighted by atomic mass is 16.5. The van der Waals surface area contributed by atoms with E-state index in [0.29, 0.717) is 6.42 Å². The summed E-state index contributed by atoms with van der Waals surface area (Å²) in [5, 5.41) is 9.03. The van der Waals surface area contributed by atoms with Gasteiger partial charge in [-0.05, 0) is 25.5 Å². The van der Waals surface area contributed by atoms with Crippen LogP contribution in [0.15, 0.2) is 24.3 Å². The van der Waals surface area contributed by atoms with Gasteiger partial charge in [0.25, 0.3) is 0 Å². The molecule has 1 N–H and O–H groups in total. The predicted octanol–water partition coefficient (Wildman–Crippen LogP) is 2.94. The number of hydrogen-bond donors (Lipinski definition) is 1. The number of ketones is 1. The molecule has 0 amide bonds. The smallest absolute Gasteiger partial charge is 0.339 e. The largest absolute Gasteiger partial charge is 0.478 e. The van der Waals surface area contributed by atoms with Gasteiger partial charge in [-0.2, -0.15) is 0 Å². The first-order valence-electron chi connectivity index (χ1n) is 6.97. The van der Waals surface area contributed by atoms with Crippen LogP contribution in [0, 0.1) is 5.92 Å². The van der Waals surface area contributed by atoms with E-state index in [2.05, 4.69) is 0 Å². The number of unbranched alkanes of at least 4 members (excludes halogenated alkanes) is 1. The van der Waals surface area contributed by atoms with Crippen LogP contribution in [-0.4, -0.2) is 29.4 Å². The molecule has 0 heterocycles. The Labute approximate surface area is 123 Å². The zero-order chi connectivity index (χ0) is 15.8. The van der Waals surface area contributed by atoms with Gasteiger partial charge in [-0.15, -0.1) is 0 Å². The van der Waals surface area contributed by atoms with Gasteiger partial charge < -0.3 is 9.84 Å². The van der Waals surface area contributed by atoms with Gasteiger partial charge in [0.2, 0.25) is 0 Å². The van der Waals surface area contributed by atoms with Crippen molar-refractivity contribution in [3.8, 4) is 0 Å². The predicted molar refractivity (Wildman–Crippen MR) is 77.4 cm³/mol. The van der Waals surface area contributed by atoms with Crippen molar-refractivity contribution in [1.29, 1.82) is 0 Å². The van der Waals surface area contributed by atoms with Crippen molar-refractivity contribution in [3.05, 3.63) is 35.4 Å². The van der Waals surface area contributed by atoms with E-state index in [1.54, 1.807) is 12.1 Å².